The summed E-state index contributed by atoms with van der Waals surface area (Å²) >= 11 is 0. The van der Waals surface area contributed by atoms with Gasteiger partial charge in [0.15, 0.2) is 0 Å². The maximum atomic E-state index is 6.10. The quantitative estimate of drug-likeness (QED) is 0.611. The van der Waals surface area contributed by atoms with Gasteiger partial charge in [-0.3, -0.25) is 4.90 Å². The molecule has 0 aliphatic carbocycles. The summed E-state index contributed by atoms with van der Waals surface area (Å²) in [5, 5.41) is 0. The Bertz CT molecular complexity index is 617. The van der Waals surface area contributed by atoms with Gasteiger partial charge in [-0.25, -0.2) is 4.99 Å². The Hall–Kier alpha value is -2.11. The van der Waals surface area contributed by atoms with Crippen molar-refractivity contribution in [2.75, 3.05) is 26.7 Å². The summed E-state index contributed by atoms with van der Waals surface area (Å²) in [6.07, 6.45) is 5.27. The van der Waals surface area contributed by atoms with Crippen LogP contribution >= 0.6 is 0 Å². The van der Waals surface area contributed by atoms with E-state index in [9.17, 15) is 0 Å². The van der Waals surface area contributed by atoms with Crippen molar-refractivity contribution in [3.05, 3.63) is 59.9 Å². The SMILES string of the molecule is C=C(CN1CCC(OCc2ccccc2C)CC1)/C(=N\C=C/N)OC. The van der Waals surface area contributed by atoms with Gasteiger partial charge in [-0.05, 0) is 30.9 Å². The number of piperidine rings is 1. The van der Waals surface area contributed by atoms with Crippen LogP contribution in [0.4, 0.5) is 0 Å². The molecule has 1 aromatic rings. The minimum atomic E-state index is 0.319. The van der Waals surface area contributed by atoms with Crippen LogP contribution in [0.3, 0.4) is 0 Å². The molecule has 2 N–H and O–H groups in total. The Morgan fingerprint density at radius 3 is 2.72 bits per heavy atom. The van der Waals surface area contributed by atoms with Crippen LogP contribution in [0, 0.1) is 6.92 Å². The van der Waals surface area contributed by atoms with E-state index in [1.54, 1.807) is 7.11 Å². The van der Waals surface area contributed by atoms with E-state index in [-0.39, 0.29) is 0 Å². The number of hydrogen-bond acceptors (Lipinski definition) is 5. The molecule has 1 aliphatic heterocycles. The van der Waals surface area contributed by atoms with Gasteiger partial charge >= 0.3 is 0 Å². The predicted octanol–water partition coefficient (Wildman–Crippen LogP) is 3.01. The zero-order chi connectivity index (χ0) is 18.1. The standard InChI is InChI=1S/C20H29N3O2/c1-16-6-4-5-7-18(16)15-25-19-8-12-23(13-9-19)14-17(2)20(24-3)22-11-10-21/h4-7,10-11,19H,2,8-9,12-15,21H2,1,3H3/b11-10-,22-20+. The van der Waals surface area contributed by atoms with Crippen LogP contribution in [0.5, 0.6) is 0 Å². The second-order valence-electron chi connectivity index (χ2n) is 6.30. The average molecular weight is 343 g/mol. The highest BCUT2D eigenvalue weighted by Gasteiger charge is 2.21. The molecule has 1 saturated heterocycles. The Morgan fingerprint density at radius 2 is 2.08 bits per heavy atom. The lowest BCUT2D eigenvalue weighted by molar-refractivity contribution is -0.000821. The van der Waals surface area contributed by atoms with Crippen molar-refractivity contribution < 1.29 is 9.47 Å². The zero-order valence-electron chi connectivity index (χ0n) is 15.3. The molecule has 0 aromatic heterocycles. The van der Waals surface area contributed by atoms with Gasteiger partial charge in [-0.15, -0.1) is 0 Å². The first-order chi connectivity index (χ1) is 12.1. The number of likely N-dealkylation sites (tertiary alicyclic amines) is 1. The molecule has 25 heavy (non-hydrogen) atoms. The molecule has 0 spiro atoms. The second-order valence-corrected chi connectivity index (χ2v) is 6.30. The molecule has 0 atom stereocenters. The number of ether oxygens (including phenoxy) is 2. The summed E-state index contributed by atoms with van der Waals surface area (Å²) in [5.41, 5.74) is 8.73. The number of nitrogens with zero attached hydrogens (tertiary/aromatic N) is 2. The predicted molar refractivity (Wildman–Crippen MR) is 102 cm³/mol. The number of rotatable bonds is 7. The van der Waals surface area contributed by atoms with E-state index < -0.39 is 0 Å². The zero-order valence-corrected chi connectivity index (χ0v) is 15.3. The minimum absolute atomic E-state index is 0.319. The third-order valence-electron chi connectivity index (χ3n) is 4.46. The van der Waals surface area contributed by atoms with E-state index in [0.29, 0.717) is 18.6 Å². The summed E-state index contributed by atoms with van der Waals surface area (Å²) in [6.45, 7) is 9.61. The van der Waals surface area contributed by atoms with Gasteiger partial charge < -0.3 is 15.2 Å². The third-order valence-corrected chi connectivity index (χ3v) is 4.46. The lowest BCUT2D eigenvalue weighted by Gasteiger charge is -2.32. The Balaban J connectivity index is 1.76. The number of methoxy groups -OCH3 is 1. The van der Waals surface area contributed by atoms with Gasteiger partial charge in [0.05, 0.1) is 19.8 Å². The van der Waals surface area contributed by atoms with Crippen molar-refractivity contribution in [3.8, 4) is 0 Å². The van der Waals surface area contributed by atoms with E-state index in [1.807, 2.05) is 0 Å². The first-order valence-electron chi connectivity index (χ1n) is 8.69. The molecular formula is C20H29N3O2. The number of hydrogen-bond donors (Lipinski definition) is 1. The third kappa shape index (κ3) is 6.03. The highest BCUT2D eigenvalue weighted by molar-refractivity contribution is 5.93. The van der Waals surface area contributed by atoms with Crippen molar-refractivity contribution in [2.24, 2.45) is 10.7 Å². The van der Waals surface area contributed by atoms with Crippen LogP contribution in [-0.2, 0) is 16.1 Å². The molecule has 5 heteroatoms. The van der Waals surface area contributed by atoms with Crippen molar-refractivity contribution >= 4 is 5.90 Å². The normalized spacial score (nSPS) is 17.1. The van der Waals surface area contributed by atoms with Crippen LogP contribution in [0.25, 0.3) is 0 Å². The molecule has 5 nitrogen and oxygen atoms in total. The highest BCUT2D eigenvalue weighted by atomic mass is 16.5. The number of aryl methyl sites for hydroxylation is 1. The first-order valence-corrected chi connectivity index (χ1v) is 8.69. The number of aliphatic imine (C=N–C) groups is 1. The van der Waals surface area contributed by atoms with Crippen LogP contribution in [-0.4, -0.2) is 43.6 Å². The van der Waals surface area contributed by atoms with E-state index in [4.69, 9.17) is 15.2 Å². The summed E-state index contributed by atoms with van der Waals surface area (Å²) in [6, 6.07) is 8.39. The molecule has 1 heterocycles. The molecule has 0 radical (unpaired) electrons. The van der Waals surface area contributed by atoms with E-state index >= 15 is 0 Å². The molecule has 1 aliphatic rings. The first kappa shape index (κ1) is 19.2. The maximum Gasteiger partial charge on any atom is 0.216 e. The Labute approximate surface area is 150 Å². The van der Waals surface area contributed by atoms with Gasteiger partial charge in [-0.1, -0.05) is 30.8 Å². The summed E-state index contributed by atoms with van der Waals surface area (Å²) < 4.78 is 11.4. The number of nitrogens with two attached hydrogens (primary N) is 1. The summed E-state index contributed by atoms with van der Waals surface area (Å²) in [4.78, 5) is 6.51. The van der Waals surface area contributed by atoms with Gasteiger partial charge in [-0.2, -0.15) is 0 Å². The fourth-order valence-corrected chi connectivity index (χ4v) is 2.95. The summed E-state index contributed by atoms with van der Waals surface area (Å²) in [5.74, 6) is 0.527. The smallest absolute Gasteiger partial charge is 0.216 e. The van der Waals surface area contributed by atoms with Crippen LogP contribution in [0.15, 0.2) is 53.8 Å². The Kier molecular flexibility index (Phi) is 7.70. The monoisotopic (exact) mass is 343 g/mol. The van der Waals surface area contributed by atoms with E-state index in [1.165, 1.54) is 23.5 Å². The average Bonchev–Trinajstić information content (AvgIpc) is 2.63. The van der Waals surface area contributed by atoms with Crippen molar-refractivity contribution in [2.45, 2.75) is 32.5 Å². The number of benzene rings is 1. The molecule has 136 valence electrons. The molecule has 0 unspecified atom stereocenters. The van der Waals surface area contributed by atoms with Crippen molar-refractivity contribution in [1.82, 2.24) is 4.90 Å². The lowest BCUT2D eigenvalue weighted by atomic mass is 10.1. The van der Waals surface area contributed by atoms with E-state index in [0.717, 1.165) is 38.0 Å². The van der Waals surface area contributed by atoms with E-state index in [2.05, 4.69) is 47.7 Å². The lowest BCUT2D eigenvalue weighted by Crippen LogP contribution is -2.38. The Morgan fingerprint density at radius 1 is 1.36 bits per heavy atom. The van der Waals surface area contributed by atoms with Crippen LogP contribution in [0.1, 0.15) is 24.0 Å². The maximum absolute atomic E-state index is 6.10. The second kappa shape index (κ2) is 10.0. The molecule has 2 rings (SSSR count). The summed E-state index contributed by atoms with van der Waals surface area (Å²) in [7, 11) is 1.60. The van der Waals surface area contributed by atoms with Gasteiger partial charge in [0.2, 0.25) is 5.90 Å². The highest BCUT2D eigenvalue weighted by Crippen LogP contribution is 2.18. The van der Waals surface area contributed by atoms with Gasteiger partial charge in [0.25, 0.3) is 0 Å². The van der Waals surface area contributed by atoms with Crippen molar-refractivity contribution in [1.29, 1.82) is 0 Å². The van der Waals surface area contributed by atoms with Gasteiger partial charge in [0, 0.05) is 37.6 Å². The molecular weight excluding hydrogens is 314 g/mol. The van der Waals surface area contributed by atoms with Crippen LogP contribution in [0.2, 0.25) is 0 Å². The largest absolute Gasteiger partial charge is 0.481 e. The fourth-order valence-electron chi connectivity index (χ4n) is 2.95. The fraction of sp³-hybridized carbons (Fsp3) is 0.450. The van der Waals surface area contributed by atoms with Gasteiger partial charge in [0.1, 0.15) is 0 Å². The molecule has 0 bridgehead atoms. The molecule has 0 amide bonds. The topological polar surface area (TPSA) is 60.1 Å². The van der Waals surface area contributed by atoms with Crippen LogP contribution < -0.4 is 5.73 Å². The molecule has 0 saturated carbocycles. The minimum Gasteiger partial charge on any atom is -0.481 e. The molecule has 1 fully saturated rings. The van der Waals surface area contributed by atoms with Crippen molar-refractivity contribution in [3.63, 3.8) is 0 Å². The molecule has 1 aromatic carbocycles.